The average molecular weight is 458 g/mol. The maximum absolute atomic E-state index is 13.3. The van der Waals surface area contributed by atoms with Gasteiger partial charge in [0, 0.05) is 18.1 Å². The summed E-state index contributed by atoms with van der Waals surface area (Å²) < 4.78 is 14.3. The zero-order chi connectivity index (χ0) is 22.5. The number of nitrogens with zero attached hydrogens (tertiary/aromatic N) is 4. The number of para-hydroxylation sites is 1. The van der Waals surface area contributed by atoms with Gasteiger partial charge >= 0.3 is 5.56 Å². The summed E-state index contributed by atoms with van der Waals surface area (Å²) in [6.45, 7) is 0. The zero-order valence-electron chi connectivity index (χ0n) is 17.4. The zero-order valence-corrected chi connectivity index (χ0v) is 18.2. The first kappa shape index (κ1) is 20.7. The fraction of sp³-hybridized carbons (Fsp3) is 0.0417. The van der Waals surface area contributed by atoms with E-state index in [0.717, 1.165) is 11.5 Å². The number of furan rings is 1. The molecule has 0 aliphatic heterocycles. The molecule has 0 saturated carbocycles. The van der Waals surface area contributed by atoms with Crippen molar-refractivity contribution in [3.05, 3.63) is 114 Å². The maximum atomic E-state index is 13.3. The van der Waals surface area contributed by atoms with E-state index in [0.29, 0.717) is 22.3 Å². The molecular weight excluding hydrogens is 438 g/mol. The molecule has 0 aliphatic rings. The Morgan fingerprint density at radius 3 is 2.36 bits per heavy atom. The van der Waals surface area contributed by atoms with Crippen molar-refractivity contribution in [2.45, 2.75) is 10.9 Å². The molecule has 2 aromatic carbocycles. The monoisotopic (exact) mass is 457 g/mol. The van der Waals surface area contributed by atoms with Crippen LogP contribution in [0, 0.1) is 0 Å². The highest BCUT2D eigenvalue weighted by Gasteiger charge is 2.15. The van der Waals surface area contributed by atoms with E-state index in [1.54, 1.807) is 23.3 Å². The van der Waals surface area contributed by atoms with Crippen LogP contribution < -0.4 is 15.6 Å². The summed E-state index contributed by atoms with van der Waals surface area (Å²) in [4.78, 5) is 13.3. The van der Waals surface area contributed by atoms with Gasteiger partial charge in [-0.2, -0.15) is 4.68 Å². The molecule has 0 amide bonds. The molecule has 164 valence electrons. The van der Waals surface area contributed by atoms with Gasteiger partial charge in [0.2, 0.25) is 11.0 Å². The van der Waals surface area contributed by atoms with Crippen LogP contribution in [0.25, 0.3) is 0 Å². The molecule has 3 heterocycles. The second-order valence-electron chi connectivity index (χ2n) is 6.94. The summed E-state index contributed by atoms with van der Waals surface area (Å²) in [5.41, 5.74) is 0.365. The molecule has 0 bridgehead atoms. The van der Waals surface area contributed by atoms with E-state index < -0.39 is 0 Å². The van der Waals surface area contributed by atoms with Crippen molar-refractivity contribution in [3.63, 3.8) is 0 Å². The highest BCUT2D eigenvalue weighted by Crippen LogP contribution is 2.24. The minimum atomic E-state index is -0.326. The van der Waals surface area contributed by atoms with Crippen molar-refractivity contribution in [3.8, 4) is 11.5 Å². The lowest BCUT2D eigenvalue weighted by molar-refractivity contribution is 0.483. The van der Waals surface area contributed by atoms with Gasteiger partial charge in [-0.3, -0.25) is 9.47 Å². The molecule has 1 N–H and O–H groups in total. The quantitative estimate of drug-likeness (QED) is 0.322. The maximum Gasteiger partial charge on any atom is 0.316 e. The van der Waals surface area contributed by atoms with Crippen molar-refractivity contribution in [2.75, 3.05) is 5.32 Å². The third-order valence-corrected chi connectivity index (χ3v) is 5.59. The fourth-order valence-corrected chi connectivity index (χ4v) is 3.93. The van der Waals surface area contributed by atoms with E-state index >= 15 is 0 Å². The van der Waals surface area contributed by atoms with E-state index in [9.17, 15) is 4.79 Å². The molecule has 0 fully saturated rings. The Morgan fingerprint density at radius 2 is 1.64 bits per heavy atom. The molecular formula is C24H19N5O3S. The standard InChI is InChI=1S/C24H19N5O3S/c30-23-22(25-18-10-12-20(13-11-18)32-19-7-2-1-3-8-19)26-27-24(29(23)28-14-4-5-15-28)33-17-21-9-6-16-31-21/h1-16H,17H2,(H,25,26). The number of rotatable bonds is 8. The molecule has 8 nitrogen and oxygen atoms in total. The predicted molar refractivity (Wildman–Crippen MR) is 126 cm³/mol. The Bertz CT molecular complexity index is 1370. The third kappa shape index (κ3) is 4.83. The molecule has 9 heteroatoms. The van der Waals surface area contributed by atoms with Crippen molar-refractivity contribution in [1.82, 2.24) is 19.5 Å². The van der Waals surface area contributed by atoms with Crippen LogP contribution in [0.3, 0.4) is 0 Å². The minimum absolute atomic E-state index is 0.114. The van der Waals surface area contributed by atoms with Crippen molar-refractivity contribution in [2.24, 2.45) is 0 Å². The minimum Gasteiger partial charge on any atom is -0.468 e. The van der Waals surface area contributed by atoms with Crippen LogP contribution in [-0.2, 0) is 5.75 Å². The number of hydrogen-bond donors (Lipinski definition) is 1. The number of aromatic nitrogens is 4. The van der Waals surface area contributed by atoms with Gasteiger partial charge in [-0.15, -0.1) is 10.2 Å². The number of anilines is 2. The number of hydrogen-bond acceptors (Lipinski definition) is 7. The Hall–Kier alpha value is -4.24. The second kappa shape index (κ2) is 9.49. The van der Waals surface area contributed by atoms with Crippen LogP contribution in [0.4, 0.5) is 11.5 Å². The number of thioether (sulfide) groups is 1. The fourth-order valence-electron chi connectivity index (χ4n) is 3.09. The van der Waals surface area contributed by atoms with Crippen LogP contribution in [0.2, 0.25) is 0 Å². The van der Waals surface area contributed by atoms with Crippen LogP contribution in [0.5, 0.6) is 11.5 Å². The van der Waals surface area contributed by atoms with Crippen LogP contribution in [-0.4, -0.2) is 19.5 Å². The van der Waals surface area contributed by atoms with Gasteiger partial charge in [0.05, 0.1) is 12.0 Å². The van der Waals surface area contributed by atoms with E-state index in [1.807, 2.05) is 78.9 Å². The van der Waals surface area contributed by atoms with Gasteiger partial charge in [0.15, 0.2) is 0 Å². The van der Waals surface area contributed by atoms with E-state index in [4.69, 9.17) is 9.15 Å². The number of ether oxygens (including phenoxy) is 1. The van der Waals surface area contributed by atoms with Gasteiger partial charge < -0.3 is 14.5 Å². The lowest BCUT2D eigenvalue weighted by atomic mass is 10.3. The summed E-state index contributed by atoms with van der Waals surface area (Å²) in [6.07, 6.45) is 5.17. The Labute approximate surface area is 193 Å². The summed E-state index contributed by atoms with van der Waals surface area (Å²) >= 11 is 1.37. The lowest BCUT2D eigenvalue weighted by Gasteiger charge is -2.13. The molecule has 0 spiro atoms. The van der Waals surface area contributed by atoms with Crippen molar-refractivity contribution < 1.29 is 9.15 Å². The summed E-state index contributed by atoms with van der Waals surface area (Å²) in [5.74, 6) is 2.86. The largest absolute Gasteiger partial charge is 0.468 e. The Kier molecular flexibility index (Phi) is 5.94. The average Bonchev–Trinajstić information content (AvgIpc) is 3.56. The topological polar surface area (TPSA) is 87.1 Å². The summed E-state index contributed by atoms with van der Waals surface area (Å²) in [5, 5.41) is 11.9. The molecule has 0 atom stereocenters. The van der Waals surface area contributed by atoms with Crippen LogP contribution in [0.1, 0.15) is 5.76 Å². The number of benzene rings is 2. The summed E-state index contributed by atoms with van der Waals surface area (Å²) in [6, 6.07) is 24.2. The van der Waals surface area contributed by atoms with Gasteiger partial charge in [0.25, 0.3) is 0 Å². The SMILES string of the molecule is O=c1c(Nc2ccc(Oc3ccccc3)cc2)nnc(SCc2ccco2)n1-n1cccc1. The molecule has 0 aliphatic carbocycles. The molecule has 33 heavy (non-hydrogen) atoms. The lowest BCUT2D eigenvalue weighted by Crippen LogP contribution is -2.30. The van der Waals surface area contributed by atoms with Crippen LogP contribution >= 0.6 is 11.8 Å². The highest BCUT2D eigenvalue weighted by molar-refractivity contribution is 7.98. The second-order valence-corrected chi connectivity index (χ2v) is 7.89. The normalized spacial score (nSPS) is 10.8. The molecule has 0 saturated heterocycles. The number of nitrogens with one attached hydrogen (secondary N) is 1. The smallest absolute Gasteiger partial charge is 0.316 e. The van der Waals surface area contributed by atoms with Crippen LogP contribution in [0.15, 0.2) is 112 Å². The van der Waals surface area contributed by atoms with Crippen molar-refractivity contribution in [1.29, 1.82) is 0 Å². The molecule has 5 aromatic rings. The van der Waals surface area contributed by atoms with E-state index in [2.05, 4.69) is 15.5 Å². The molecule has 0 unspecified atom stereocenters. The van der Waals surface area contributed by atoms with E-state index in [-0.39, 0.29) is 11.4 Å². The predicted octanol–water partition coefficient (Wildman–Crippen LogP) is 5.17. The highest BCUT2D eigenvalue weighted by atomic mass is 32.2. The third-order valence-electron chi connectivity index (χ3n) is 4.65. The van der Waals surface area contributed by atoms with Gasteiger partial charge in [-0.25, -0.2) is 0 Å². The van der Waals surface area contributed by atoms with Crippen molar-refractivity contribution >= 4 is 23.3 Å². The Morgan fingerprint density at radius 1 is 0.879 bits per heavy atom. The van der Waals surface area contributed by atoms with Gasteiger partial charge in [0.1, 0.15) is 17.3 Å². The molecule has 5 rings (SSSR count). The summed E-state index contributed by atoms with van der Waals surface area (Å²) in [7, 11) is 0. The molecule has 3 aromatic heterocycles. The first-order chi connectivity index (χ1) is 16.3. The van der Waals surface area contributed by atoms with Gasteiger partial charge in [-0.1, -0.05) is 30.0 Å². The van der Waals surface area contributed by atoms with Gasteiger partial charge in [-0.05, 0) is 60.7 Å². The van der Waals surface area contributed by atoms with E-state index in [1.165, 1.54) is 16.4 Å². The molecule has 0 radical (unpaired) electrons. The first-order valence-corrected chi connectivity index (χ1v) is 11.1. The Balaban J connectivity index is 1.38. The first-order valence-electron chi connectivity index (χ1n) is 10.1.